The fourth-order valence-corrected chi connectivity index (χ4v) is 2.03. The smallest absolute Gasteiger partial charge is 0.323 e. The second kappa shape index (κ2) is 8.58. The maximum Gasteiger partial charge on any atom is 0.323 e. The number of anilines is 2. The number of carbonyl (C=O) groups is 2. The predicted molar refractivity (Wildman–Crippen MR) is 92.8 cm³/mol. The van der Waals surface area contributed by atoms with Crippen LogP contribution < -0.4 is 16.0 Å². The van der Waals surface area contributed by atoms with Gasteiger partial charge >= 0.3 is 6.03 Å². The van der Waals surface area contributed by atoms with Crippen LogP contribution in [0.1, 0.15) is 30.1 Å². The first-order chi connectivity index (χ1) is 11.2. The summed E-state index contributed by atoms with van der Waals surface area (Å²) in [6, 6.07) is 15.7. The molecule has 0 aliphatic rings. The van der Waals surface area contributed by atoms with Crippen molar-refractivity contribution in [2.45, 2.75) is 19.8 Å². The van der Waals surface area contributed by atoms with Crippen molar-refractivity contribution >= 4 is 23.3 Å². The molecular formula is C18H21N3O2. The number of para-hydroxylation sites is 1. The summed E-state index contributed by atoms with van der Waals surface area (Å²) < 4.78 is 0. The van der Waals surface area contributed by atoms with Gasteiger partial charge in [-0.3, -0.25) is 4.79 Å². The third kappa shape index (κ3) is 5.47. The molecule has 0 spiro atoms. The van der Waals surface area contributed by atoms with Gasteiger partial charge < -0.3 is 16.0 Å². The van der Waals surface area contributed by atoms with E-state index < -0.39 is 0 Å². The summed E-state index contributed by atoms with van der Waals surface area (Å²) in [6.45, 7) is 2.73. The summed E-state index contributed by atoms with van der Waals surface area (Å²) in [6.07, 6.45) is 1.98. The average Bonchev–Trinajstić information content (AvgIpc) is 2.56. The Kier molecular flexibility index (Phi) is 6.17. The Labute approximate surface area is 136 Å². The predicted octanol–water partition coefficient (Wildman–Crippen LogP) is 3.86. The maximum atomic E-state index is 12.0. The first-order valence-corrected chi connectivity index (χ1v) is 7.70. The van der Waals surface area contributed by atoms with Crippen LogP contribution in [-0.2, 0) is 0 Å². The molecule has 23 heavy (non-hydrogen) atoms. The van der Waals surface area contributed by atoms with E-state index >= 15 is 0 Å². The Morgan fingerprint density at radius 2 is 1.61 bits per heavy atom. The van der Waals surface area contributed by atoms with Gasteiger partial charge in [0.1, 0.15) is 0 Å². The molecule has 0 atom stereocenters. The van der Waals surface area contributed by atoms with E-state index in [0.29, 0.717) is 23.5 Å². The van der Waals surface area contributed by atoms with E-state index in [1.165, 1.54) is 0 Å². The lowest BCUT2D eigenvalue weighted by Crippen LogP contribution is -2.24. The van der Waals surface area contributed by atoms with Gasteiger partial charge in [-0.05, 0) is 36.8 Å². The first-order valence-electron chi connectivity index (χ1n) is 7.70. The summed E-state index contributed by atoms with van der Waals surface area (Å²) in [5, 5.41) is 8.31. The van der Waals surface area contributed by atoms with Crippen LogP contribution in [-0.4, -0.2) is 18.5 Å². The molecule has 0 aliphatic carbocycles. The fraction of sp³-hybridized carbons (Fsp3) is 0.222. The number of hydrogen-bond donors (Lipinski definition) is 3. The van der Waals surface area contributed by atoms with Crippen molar-refractivity contribution in [1.82, 2.24) is 5.32 Å². The van der Waals surface area contributed by atoms with Gasteiger partial charge in [-0.1, -0.05) is 37.6 Å². The molecule has 0 aromatic heterocycles. The van der Waals surface area contributed by atoms with Crippen LogP contribution in [0.5, 0.6) is 0 Å². The van der Waals surface area contributed by atoms with Crippen molar-refractivity contribution in [1.29, 1.82) is 0 Å². The third-order valence-corrected chi connectivity index (χ3v) is 3.23. The second-order valence-corrected chi connectivity index (χ2v) is 5.14. The molecule has 0 fully saturated rings. The molecule has 0 heterocycles. The molecular weight excluding hydrogens is 290 g/mol. The minimum absolute atomic E-state index is 0.134. The van der Waals surface area contributed by atoms with E-state index in [-0.39, 0.29) is 11.9 Å². The highest BCUT2D eigenvalue weighted by molar-refractivity contribution is 6.01. The van der Waals surface area contributed by atoms with Crippen molar-refractivity contribution in [2.24, 2.45) is 0 Å². The molecule has 5 heteroatoms. The topological polar surface area (TPSA) is 70.2 Å². The molecule has 0 saturated carbocycles. The zero-order chi connectivity index (χ0) is 16.5. The Hall–Kier alpha value is -2.82. The Morgan fingerprint density at radius 3 is 2.35 bits per heavy atom. The molecule has 0 saturated heterocycles. The number of nitrogens with one attached hydrogen (secondary N) is 3. The third-order valence-electron chi connectivity index (χ3n) is 3.23. The Bertz CT molecular complexity index is 656. The molecule has 0 bridgehead atoms. The molecule has 0 unspecified atom stereocenters. The molecule has 2 rings (SSSR count). The minimum Gasteiger partial charge on any atom is -0.352 e. The molecule has 2 aromatic rings. The van der Waals surface area contributed by atoms with Gasteiger partial charge in [-0.2, -0.15) is 0 Å². The van der Waals surface area contributed by atoms with Crippen LogP contribution in [0.2, 0.25) is 0 Å². The SMILES string of the molecule is CCCCNC(=O)c1cccc(NC(=O)Nc2ccccc2)c1. The van der Waals surface area contributed by atoms with Crippen LogP contribution in [0.15, 0.2) is 54.6 Å². The lowest BCUT2D eigenvalue weighted by atomic mass is 10.2. The first kappa shape index (κ1) is 16.5. The maximum absolute atomic E-state index is 12.0. The summed E-state index contributed by atoms with van der Waals surface area (Å²) in [5.74, 6) is -0.134. The van der Waals surface area contributed by atoms with Gasteiger partial charge in [0.15, 0.2) is 0 Å². The van der Waals surface area contributed by atoms with Crippen molar-refractivity contribution in [3.63, 3.8) is 0 Å². The highest BCUT2D eigenvalue weighted by atomic mass is 16.2. The van der Waals surface area contributed by atoms with Crippen LogP contribution in [0, 0.1) is 0 Å². The highest BCUT2D eigenvalue weighted by Crippen LogP contribution is 2.12. The van der Waals surface area contributed by atoms with Gasteiger partial charge in [0.2, 0.25) is 0 Å². The van der Waals surface area contributed by atoms with E-state index in [0.717, 1.165) is 12.8 Å². The minimum atomic E-state index is -0.347. The zero-order valence-corrected chi connectivity index (χ0v) is 13.1. The Balaban J connectivity index is 1.94. The van der Waals surface area contributed by atoms with E-state index in [1.54, 1.807) is 36.4 Å². The summed E-state index contributed by atoms with van der Waals surface area (Å²) >= 11 is 0. The highest BCUT2D eigenvalue weighted by Gasteiger charge is 2.07. The van der Waals surface area contributed by atoms with E-state index in [4.69, 9.17) is 0 Å². The lowest BCUT2D eigenvalue weighted by Gasteiger charge is -2.09. The monoisotopic (exact) mass is 311 g/mol. The van der Waals surface area contributed by atoms with E-state index in [2.05, 4.69) is 22.9 Å². The summed E-state index contributed by atoms with van der Waals surface area (Å²) in [5.41, 5.74) is 1.80. The Morgan fingerprint density at radius 1 is 0.913 bits per heavy atom. The summed E-state index contributed by atoms with van der Waals surface area (Å²) in [7, 11) is 0. The molecule has 2 aromatic carbocycles. The molecule has 3 N–H and O–H groups in total. The fourth-order valence-electron chi connectivity index (χ4n) is 2.03. The number of amides is 3. The van der Waals surface area contributed by atoms with Gasteiger partial charge in [-0.25, -0.2) is 4.79 Å². The number of urea groups is 1. The van der Waals surface area contributed by atoms with Crippen LogP contribution in [0.25, 0.3) is 0 Å². The normalized spacial score (nSPS) is 9.96. The second-order valence-electron chi connectivity index (χ2n) is 5.14. The standard InChI is InChI=1S/C18H21N3O2/c1-2-3-12-19-17(22)14-8-7-11-16(13-14)21-18(23)20-15-9-5-4-6-10-15/h4-11,13H,2-3,12H2,1H3,(H,19,22)(H2,20,21,23). The van der Waals surface area contributed by atoms with Crippen molar-refractivity contribution in [3.05, 3.63) is 60.2 Å². The lowest BCUT2D eigenvalue weighted by molar-refractivity contribution is 0.0953. The van der Waals surface area contributed by atoms with Crippen molar-refractivity contribution in [3.8, 4) is 0 Å². The molecule has 120 valence electrons. The number of carbonyl (C=O) groups excluding carboxylic acids is 2. The van der Waals surface area contributed by atoms with Crippen molar-refractivity contribution < 1.29 is 9.59 Å². The molecule has 0 aliphatic heterocycles. The quantitative estimate of drug-likeness (QED) is 0.709. The number of unbranched alkanes of at least 4 members (excludes halogenated alkanes) is 1. The van der Waals surface area contributed by atoms with Crippen LogP contribution >= 0.6 is 0 Å². The molecule has 5 nitrogen and oxygen atoms in total. The molecule has 0 radical (unpaired) electrons. The zero-order valence-electron chi connectivity index (χ0n) is 13.1. The number of rotatable bonds is 6. The number of hydrogen-bond acceptors (Lipinski definition) is 2. The van der Waals surface area contributed by atoms with E-state index in [9.17, 15) is 9.59 Å². The van der Waals surface area contributed by atoms with Crippen LogP contribution in [0.3, 0.4) is 0 Å². The number of benzene rings is 2. The van der Waals surface area contributed by atoms with Crippen molar-refractivity contribution in [2.75, 3.05) is 17.2 Å². The van der Waals surface area contributed by atoms with Gasteiger partial charge in [0.25, 0.3) is 5.91 Å². The molecule has 3 amide bonds. The van der Waals surface area contributed by atoms with Gasteiger partial charge in [0.05, 0.1) is 0 Å². The summed E-state index contributed by atoms with van der Waals surface area (Å²) in [4.78, 5) is 24.0. The largest absolute Gasteiger partial charge is 0.352 e. The van der Waals surface area contributed by atoms with E-state index in [1.807, 2.05) is 18.2 Å². The average molecular weight is 311 g/mol. The van der Waals surface area contributed by atoms with Gasteiger partial charge in [-0.15, -0.1) is 0 Å². The van der Waals surface area contributed by atoms with Gasteiger partial charge in [0, 0.05) is 23.5 Å². The van der Waals surface area contributed by atoms with Crippen LogP contribution in [0.4, 0.5) is 16.2 Å².